The van der Waals surface area contributed by atoms with Crippen LogP contribution in [0.3, 0.4) is 0 Å². The van der Waals surface area contributed by atoms with Crippen molar-refractivity contribution in [3.63, 3.8) is 0 Å². The van der Waals surface area contributed by atoms with Gasteiger partial charge in [-0.2, -0.15) is 0 Å². The van der Waals surface area contributed by atoms with E-state index in [0.29, 0.717) is 21.5 Å². The SMILES string of the molecule is [C-]#[N+]C(C#N)=Nc1cc(OC)c(C2=Cc3sc4c(c3C2(C)C)C(C)(C)c2c-4sc3cc(-c4sc(N=C(C#N)[N+]#[C-])cc4OC)sc23)s1. The zero-order valence-electron chi connectivity index (χ0n) is 25.9. The molecule has 13 heteroatoms. The van der Waals surface area contributed by atoms with Crippen LogP contribution in [0.2, 0.25) is 0 Å². The lowest BCUT2D eigenvalue weighted by atomic mass is 9.73. The normalized spacial score (nSPS) is 15.7. The minimum absolute atomic E-state index is 0.201. The van der Waals surface area contributed by atoms with Gasteiger partial charge in [-0.25, -0.2) is 10.5 Å². The van der Waals surface area contributed by atoms with Crippen molar-refractivity contribution >= 4 is 99.4 Å². The largest absolute Gasteiger partial charge is 0.495 e. The smallest absolute Gasteiger partial charge is 0.350 e. The van der Waals surface area contributed by atoms with Crippen molar-refractivity contribution in [3.8, 4) is 43.1 Å². The summed E-state index contributed by atoms with van der Waals surface area (Å²) >= 11 is 8.27. The average molecular weight is 707 g/mol. The van der Waals surface area contributed by atoms with Gasteiger partial charge in [-0.3, -0.25) is 0 Å². The minimum Gasteiger partial charge on any atom is -0.495 e. The zero-order valence-corrected chi connectivity index (χ0v) is 29.9. The monoisotopic (exact) mass is 706 g/mol. The number of thiophene rings is 5. The highest BCUT2D eigenvalue weighted by Crippen LogP contribution is 2.66. The fourth-order valence-corrected chi connectivity index (χ4v) is 13.4. The van der Waals surface area contributed by atoms with E-state index in [1.165, 1.54) is 63.4 Å². The van der Waals surface area contributed by atoms with Gasteiger partial charge in [0.2, 0.25) is 10.0 Å². The summed E-state index contributed by atoms with van der Waals surface area (Å²) in [5.41, 5.74) is 4.63. The van der Waals surface area contributed by atoms with E-state index in [0.717, 1.165) is 20.2 Å². The first-order valence-corrected chi connectivity index (χ1v) is 18.1. The Morgan fingerprint density at radius 2 is 1.30 bits per heavy atom. The first kappa shape index (κ1) is 31.0. The third-order valence-corrected chi connectivity index (χ3v) is 14.4. The summed E-state index contributed by atoms with van der Waals surface area (Å²) in [7, 11) is 3.25. The van der Waals surface area contributed by atoms with E-state index in [-0.39, 0.29) is 22.5 Å². The van der Waals surface area contributed by atoms with E-state index in [4.69, 9.17) is 22.6 Å². The Kier molecular flexibility index (Phi) is 7.26. The van der Waals surface area contributed by atoms with Crippen molar-refractivity contribution in [2.75, 3.05) is 14.2 Å². The van der Waals surface area contributed by atoms with E-state index in [2.05, 4.69) is 59.5 Å². The summed E-state index contributed by atoms with van der Waals surface area (Å²) in [5, 5.41) is 19.6. The fraction of sp³-hybridized carbons (Fsp3) is 0.235. The van der Waals surface area contributed by atoms with Gasteiger partial charge in [0.05, 0.1) is 38.4 Å². The third-order valence-electron chi connectivity index (χ3n) is 8.45. The summed E-state index contributed by atoms with van der Waals surface area (Å²) in [5.74, 6) is 0.955. The van der Waals surface area contributed by atoms with E-state index in [1.807, 2.05) is 34.8 Å². The first-order chi connectivity index (χ1) is 22.5. The molecule has 0 saturated heterocycles. The predicted octanol–water partition coefficient (Wildman–Crippen LogP) is 10.9. The quantitative estimate of drug-likeness (QED) is 0.0996. The van der Waals surface area contributed by atoms with Crippen LogP contribution in [-0.2, 0) is 10.8 Å². The van der Waals surface area contributed by atoms with Gasteiger partial charge in [-0.1, -0.05) is 73.5 Å². The van der Waals surface area contributed by atoms with Gasteiger partial charge in [0.15, 0.2) is 0 Å². The molecule has 0 aromatic carbocycles. The van der Waals surface area contributed by atoms with Crippen molar-refractivity contribution in [3.05, 3.63) is 67.5 Å². The second-order valence-corrected chi connectivity index (χ2v) is 17.0. The van der Waals surface area contributed by atoms with Crippen molar-refractivity contribution in [2.45, 2.75) is 38.5 Å². The van der Waals surface area contributed by atoms with E-state index < -0.39 is 0 Å². The van der Waals surface area contributed by atoms with E-state index in [9.17, 15) is 10.5 Å². The second kappa shape index (κ2) is 11.0. The first-order valence-electron chi connectivity index (χ1n) is 14.1. The molecule has 0 unspecified atom stereocenters. The number of ether oxygens (including phenoxy) is 2. The van der Waals surface area contributed by atoms with Crippen molar-refractivity contribution in [2.24, 2.45) is 9.98 Å². The third kappa shape index (κ3) is 4.51. The van der Waals surface area contributed by atoms with Crippen LogP contribution in [0.15, 0.2) is 28.2 Å². The summed E-state index contributed by atoms with van der Waals surface area (Å²) < 4.78 is 13.9. The van der Waals surface area contributed by atoms with Crippen LogP contribution in [0, 0.1) is 35.8 Å². The topological polar surface area (TPSA) is 99.5 Å². The molecule has 47 heavy (non-hydrogen) atoms. The molecule has 2 aliphatic rings. The van der Waals surface area contributed by atoms with Crippen LogP contribution in [-0.4, -0.2) is 25.9 Å². The van der Waals surface area contributed by atoms with Gasteiger partial charge in [0.1, 0.15) is 23.6 Å². The molecule has 0 atom stereocenters. The Morgan fingerprint density at radius 1 is 0.723 bits per heavy atom. The average Bonchev–Trinajstić information content (AvgIpc) is 3.88. The predicted molar refractivity (Wildman–Crippen MR) is 195 cm³/mol. The lowest BCUT2D eigenvalue weighted by Gasteiger charge is -2.30. The lowest BCUT2D eigenvalue weighted by Crippen LogP contribution is -2.23. The molecule has 230 valence electrons. The zero-order chi connectivity index (χ0) is 33.4. The molecular formula is C34H22N6O2S5. The molecule has 2 aliphatic carbocycles. The number of nitrogens with zero attached hydrogens (tertiary/aromatic N) is 6. The lowest BCUT2D eigenvalue weighted by molar-refractivity contribution is 0.415. The Balaban J connectivity index is 1.31. The second-order valence-electron chi connectivity index (χ2n) is 11.7. The standard InChI is InChI=1S/C34H22N6O2S5/c1-33(2)15(28-16(41-7)10-23(46-28)39-21(13-35)37-5)9-18-25(33)26-31(43-18)32-27(34(26,3)4)30-20(45-32)12-19(44-30)29-17(42-8)11-24(47-29)40-22(14-36)38-6/h9-12H,1-4,7-8H3. The Hall–Kier alpha value is -4.60. The van der Waals surface area contributed by atoms with Gasteiger partial charge in [0.25, 0.3) is 0 Å². The van der Waals surface area contributed by atoms with Gasteiger partial charge in [-0.15, -0.1) is 34.0 Å². The molecule has 0 aliphatic heterocycles. The summed E-state index contributed by atoms with van der Waals surface area (Å²) in [4.78, 5) is 21.7. The number of rotatable bonds is 6. The molecule has 0 fully saturated rings. The van der Waals surface area contributed by atoms with Crippen LogP contribution in [0.5, 0.6) is 11.5 Å². The summed E-state index contributed by atoms with van der Waals surface area (Å²) in [6, 6.07) is 9.48. The minimum atomic E-state index is -0.323. The van der Waals surface area contributed by atoms with Gasteiger partial charge < -0.3 is 19.2 Å². The van der Waals surface area contributed by atoms with Crippen molar-refractivity contribution < 1.29 is 9.47 Å². The highest BCUT2D eigenvalue weighted by Gasteiger charge is 2.49. The molecule has 5 aromatic heterocycles. The number of fused-ring (bicyclic) bond motifs is 7. The number of hydrogen-bond donors (Lipinski definition) is 0. The van der Waals surface area contributed by atoms with Gasteiger partial charge >= 0.3 is 11.7 Å². The molecule has 0 bridgehead atoms. The molecule has 5 aromatic rings. The molecule has 0 N–H and O–H groups in total. The Morgan fingerprint density at radius 3 is 1.87 bits per heavy atom. The maximum absolute atomic E-state index is 9.24. The van der Waals surface area contributed by atoms with Gasteiger partial charge in [-0.05, 0) is 34.4 Å². The molecule has 0 amide bonds. The molecule has 0 spiro atoms. The highest BCUT2D eigenvalue weighted by atomic mass is 32.1. The number of amidine groups is 2. The van der Waals surface area contributed by atoms with Crippen molar-refractivity contribution in [1.29, 1.82) is 10.5 Å². The number of aliphatic imine (C=N–C) groups is 2. The molecule has 5 heterocycles. The fourth-order valence-electron chi connectivity index (χ4n) is 6.43. The van der Waals surface area contributed by atoms with E-state index in [1.54, 1.807) is 37.7 Å². The van der Waals surface area contributed by atoms with Crippen LogP contribution in [0.25, 0.3) is 50.2 Å². The Bertz CT molecular complexity index is 2410. The maximum atomic E-state index is 9.24. The highest BCUT2D eigenvalue weighted by molar-refractivity contribution is 7.34. The molecule has 0 radical (unpaired) electrons. The number of nitriles is 2. The number of allylic oxidation sites excluding steroid dienone is 1. The molecule has 0 saturated carbocycles. The summed E-state index contributed by atoms with van der Waals surface area (Å²) in [6.45, 7) is 23.6. The molecule has 8 nitrogen and oxygen atoms in total. The van der Waals surface area contributed by atoms with E-state index >= 15 is 0 Å². The maximum Gasteiger partial charge on any atom is 0.350 e. The van der Waals surface area contributed by atoms with Gasteiger partial charge in [0, 0.05) is 37.4 Å². The number of hydrogen-bond acceptors (Lipinski definition) is 11. The van der Waals surface area contributed by atoms with Crippen LogP contribution >= 0.6 is 56.7 Å². The van der Waals surface area contributed by atoms with Crippen molar-refractivity contribution in [1.82, 2.24) is 0 Å². The van der Waals surface area contributed by atoms with Crippen LogP contribution in [0.1, 0.15) is 54.1 Å². The van der Waals surface area contributed by atoms with Crippen LogP contribution in [0.4, 0.5) is 10.0 Å². The Labute approximate surface area is 291 Å². The summed E-state index contributed by atoms with van der Waals surface area (Å²) in [6.07, 6.45) is 2.28. The van der Waals surface area contributed by atoms with Crippen LogP contribution < -0.4 is 9.47 Å². The number of methoxy groups -OCH3 is 2. The molecule has 7 rings (SSSR count). The molecular weight excluding hydrogens is 685 g/mol.